The van der Waals surface area contributed by atoms with Gasteiger partial charge in [-0.3, -0.25) is 4.79 Å². The molecule has 1 aromatic carbocycles. The highest BCUT2D eigenvalue weighted by atomic mass is 16.5. The van der Waals surface area contributed by atoms with E-state index in [1.165, 1.54) is 0 Å². The molecule has 0 aliphatic carbocycles. The standard InChI is InChI=1S/C14H20O4/c1-4-7-14(15)18-11-8-9-12(16-5-2)13(10-11)17-6-3/h8-10H,4-7H2,1-3H3. The Morgan fingerprint density at radius 3 is 2.33 bits per heavy atom. The fourth-order valence-electron chi connectivity index (χ4n) is 1.48. The van der Waals surface area contributed by atoms with Crippen LogP contribution in [-0.4, -0.2) is 19.2 Å². The molecule has 0 bridgehead atoms. The van der Waals surface area contributed by atoms with Gasteiger partial charge in [0.2, 0.25) is 0 Å². The molecule has 0 saturated heterocycles. The van der Waals surface area contributed by atoms with Crippen molar-refractivity contribution in [3.63, 3.8) is 0 Å². The average molecular weight is 252 g/mol. The number of rotatable bonds is 7. The van der Waals surface area contributed by atoms with Gasteiger partial charge in [0.05, 0.1) is 13.2 Å². The fourth-order valence-corrected chi connectivity index (χ4v) is 1.48. The van der Waals surface area contributed by atoms with Gasteiger partial charge in [0.25, 0.3) is 0 Å². The van der Waals surface area contributed by atoms with Crippen LogP contribution in [0, 0.1) is 0 Å². The fraction of sp³-hybridized carbons (Fsp3) is 0.500. The minimum atomic E-state index is -0.232. The first-order valence-corrected chi connectivity index (χ1v) is 6.31. The van der Waals surface area contributed by atoms with E-state index in [9.17, 15) is 4.79 Å². The van der Waals surface area contributed by atoms with Crippen LogP contribution in [0.1, 0.15) is 33.6 Å². The molecule has 0 amide bonds. The molecule has 0 aliphatic heterocycles. The van der Waals surface area contributed by atoms with Crippen molar-refractivity contribution in [2.45, 2.75) is 33.6 Å². The molecule has 0 fully saturated rings. The first-order chi connectivity index (χ1) is 8.71. The molecule has 0 heterocycles. The summed E-state index contributed by atoms with van der Waals surface area (Å²) in [6, 6.07) is 5.15. The predicted octanol–water partition coefficient (Wildman–Crippen LogP) is 3.19. The van der Waals surface area contributed by atoms with Crippen molar-refractivity contribution in [3.8, 4) is 17.2 Å². The van der Waals surface area contributed by atoms with Gasteiger partial charge < -0.3 is 14.2 Å². The quantitative estimate of drug-likeness (QED) is 0.552. The van der Waals surface area contributed by atoms with Crippen LogP contribution < -0.4 is 14.2 Å². The van der Waals surface area contributed by atoms with E-state index in [4.69, 9.17) is 14.2 Å². The summed E-state index contributed by atoms with van der Waals surface area (Å²) in [6.07, 6.45) is 1.19. The summed E-state index contributed by atoms with van der Waals surface area (Å²) in [7, 11) is 0. The molecular formula is C14H20O4. The highest BCUT2D eigenvalue weighted by molar-refractivity contribution is 5.72. The van der Waals surface area contributed by atoms with Gasteiger partial charge in [-0.15, -0.1) is 0 Å². The zero-order valence-corrected chi connectivity index (χ0v) is 11.2. The van der Waals surface area contributed by atoms with Crippen molar-refractivity contribution >= 4 is 5.97 Å². The normalized spacial score (nSPS) is 9.94. The van der Waals surface area contributed by atoms with Gasteiger partial charge in [-0.1, -0.05) is 6.92 Å². The Balaban J connectivity index is 2.81. The molecule has 0 unspecified atom stereocenters. The zero-order valence-electron chi connectivity index (χ0n) is 11.2. The third-order valence-electron chi connectivity index (χ3n) is 2.20. The van der Waals surface area contributed by atoms with Gasteiger partial charge in [-0.25, -0.2) is 0 Å². The topological polar surface area (TPSA) is 44.8 Å². The molecule has 0 spiro atoms. The molecule has 1 aromatic rings. The van der Waals surface area contributed by atoms with Crippen molar-refractivity contribution in [3.05, 3.63) is 18.2 Å². The molecule has 100 valence electrons. The van der Waals surface area contributed by atoms with Crippen molar-refractivity contribution in [2.75, 3.05) is 13.2 Å². The Morgan fingerprint density at radius 2 is 1.72 bits per heavy atom. The summed E-state index contributed by atoms with van der Waals surface area (Å²) in [5.41, 5.74) is 0. The lowest BCUT2D eigenvalue weighted by atomic mass is 10.3. The lowest BCUT2D eigenvalue weighted by molar-refractivity contribution is -0.134. The van der Waals surface area contributed by atoms with Gasteiger partial charge in [0, 0.05) is 12.5 Å². The number of benzene rings is 1. The van der Waals surface area contributed by atoms with Gasteiger partial charge in [0.15, 0.2) is 11.5 Å². The third kappa shape index (κ3) is 4.28. The van der Waals surface area contributed by atoms with Crippen molar-refractivity contribution in [1.29, 1.82) is 0 Å². The van der Waals surface area contributed by atoms with Crippen LogP contribution in [0.4, 0.5) is 0 Å². The second-order valence-electron chi connectivity index (χ2n) is 3.70. The maximum absolute atomic E-state index is 11.4. The number of carbonyl (C=O) groups excluding carboxylic acids is 1. The zero-order chi connectivity index (χ0) is 13.4. The first kappa shape index (κ1) is 14.4. The summed E-state index contributed by atoms with van der Waals surface area (Å²) < 4.78 is 16.1. The Morgan fingerprint density at radius 1 is 1.06 bits per heavy atom. The van der Waals surface area contributed by atoms with Crippen LogP contribution in [0.2, 0.25) is 0 Å². The minimum absolute atomic E-state index is 0.232. The summed E-state index contributed by atoms with van der Waals surface area (Å²) >= 11 is 0. The second-order valence-corrected chi connectivity index (χ2v) is 3.70. The molecule has 1 rings (SSSR count). The lowest BCUT2D eigenvalue weighted by Crippen LogP contribution is -2.07. The van der Waals surface area contributed by atoms with Gasteiger partial charge in [-0.05, 0) is 32.4 Å². The van der Waals surface area contributed by atoms with E-state index >= 15 is 0 Å². The molecule has 4 nitrogen and oxygen atoms in total. The first-order valence-electron chi connectivity index (χ1n) is 6.31. The highest BCUT2D eigenvalue weighted by Gasteiger charge is 2.09. The molecular weight excluding hydrogens is 232 g/mol. The van der Waals surface area contributed by atoms with E-state index in [1.54, 1.807) is 18.2 Å². The summed E-state index contributed by atoms with van der Waals surface area (Å²) in [5, 5.41) is 0. The number of ether oxygens (including phenoxy) is 3. The molecule has 0 N–H and O–H groups in total. The Hall–Kier alpha value is -1.71. The average Bonchev–Trinajstić information content (AvgIpc) is 2.33. The van der Waals surface area contributed by atoms with E-state index in [1.807, 2.05) is 20.8 Å². The molecule has 18 heavy (non-hydrogen) atoms. The van der Waals surface area contributed by atoms with Gasteiger partial charge in [-0.2, -0.15) is 0 Å². The summed E-state index contributed by atoms with van der Waals surface area (Å²) in [4.78, 5) is 11.4. The smallest absolute Gasteiger partial charge is 0.311 e. The van der Waals surface area contributed by atoms with E-state index in [2.05, 4.69) is 0 Å². The monoisotopic (exact) mass is 252 g/mol. The third-order valence-corrected chi connectivity index (χ3v) is 2.20. The largest absolute Gasteiger partial charge is 0.490 e. The SMILES string of the molecule is CCCC(=O)Oc1ccc(OCC)c(OCC)c1. The Bertz CT molecular complexity index is 387. The predicted molar refractivity (Wildman–Crippen MR) is 69.3 cm³/mol. The van der Waals surface area contributed by atoms with Crippen LogP contribution >= 0.6 is 0 Å². The van der Waals surface area contributed by atoms with E-state index < -0.39 is 0 Å². The summed E-state index contributed by atoms with van der Waals surface area (Å²) in [5.74, 6) is 1.51. The van der Waals surface area contributed by atoms with Crippen molar-refractivity contribution < 1.29 is 19.0 Å². The molecule has 0 aromatic heterocycles. The van der Waals surface area contributed by atoms with Crippen LogP contribution in [0.15, 0.2) is 18.2 Å². The van der Waals surface area contributed by atoms with Crippen molar-refractivity contribution in [2.24, 2.45) is 0 Å². The maximum atomic E-state index is 11.4. The van der Waals surface area contributed by atoms with E-state index in [0.29, 0.717) is 36.9 Å². The Kier molecular flexibility index (Phi) is 6.05. The van der Waals surface area contributed by atoms with Gasteiger partial charge in [0.1, 0.15) is 5.75 Å². The maximum Gasteiger partial charge on any atom is 0.311 e. The van der Waals surface area contributed by atoms with E-state index in [-0.39, 0.29) is 5.97 Å². The van der Waals surface area contributed by atoms with Crippen LogP contribution in [0.25, 0.3) is 0 Å². The minimum Gasteiger partial charge on any atom is -0.490 e. The molecule has 0 aliphatic rings. The highest BCUT2D eigenvalue weighted by Crippen LogP contribution is 2.31. The van der Waals surface area contributed by atoms with Crippen LogP contribution in [0.3, 0.4) is 0 Å². The number of hydrogen-bond acceptors (Lipinski definition) is 4. The number of hydrogen-bond donors (Lipinski definition) is 0. The lowest BCUT2D eigenvalue weighted by Gasteiger charge is -2.12. The molecule has 4 heteroatoms. The van der Waals surface area contributed by atoms with Crippen LogP contribution in [-0.2, 0) is 4.79 Å². The molecule has 0 atom stereocenters. The Labute approximate surface area is 108 Å². The van der Waals surface area contributed by atoms with Gasteiger partial charge >= 0.3 is 5.97 Å². The van der Waals surface area contributed by atoms with E-state index in [0.717, 1.165) is 6.42 Å². The van der Waals surface area contributed by atoms with Crippen molar-refractivity contribution in [1.82, 2.24) is 0 Å². The summed E-state index contributed by atoms with van der Waals surface area (Å²) in [6.45, 7) is 6.84. The van der Waals surface area contributed by atoms with Crippen LogP contribution in [0.5, 0.6) is 17.2 Å². The molecule has 0 radical (unpaired) electrons. The number of carbonyl (C=O) groups is 1. The molecule has 0 saturated carbocycles. The second kappa shape index (κ2) is 7.58. The number of esters is 1.